The third-order valence-corrected chi connectivity index (χ3v) is 6.55. The van der Waals surface area contributed by atoms with Gasteiger partial charge < -0.3 is 10.6 Å². The number of benzene rings is 1. The van der Waals surface area contributed by atoms with Crippen LogP contribution in [0.25, 0.3) is 0 Å². The summed E-state index contributed by atoms with van der Waals surface area (Å²) in [5.41, 5.74) is 7.63. The molecule has 0 aliphatic carbocycles. The summed E-state index contributed by atoms with van der Waals surface area (Å²) < 4.78 is 0. The van der Waals surface area contributed by atoms with Crippen molar-refractivity contribution in [3.05, 3.63) is 29.8 Å². The third-order valence-electron chi connectivity index (χ3n) is 3.95. The Labute approximate surface area is 116 Å². The second kappa shape index (κ2) is 5.37. The molecule has 0 spiro atoms. The molecule has 1 aliphatic heterocycles. The van der Waals surface area contributed by atoms with E-state index in [0.29, 0.717) is 16.9 Å². The molecular weight excluding hydrogens is 252 g/mol. The van der Waals surface area contributed by atoms with Crippen LogP contribution in [0.2, 0.25) is 19.6 Å². The highest BCUT2D eigenvalue weighted by Gasteiger charge is 2.36. The summed E-state index contributed by atoms with van der Waals surface area (Å²) in [4.78, 5) is 14.8. The summed E-state index contributed by atoms with van der Waals surface area (Å²) in [6.45, 7) is 7.91. The van der Waals surface area contributed by atoms with E-state index < -0.39 is 8.07 Å². The average Bonchev–Trinajstić information content (AvgIpc) is 2.37. The van der Waals surface area contributed by atoms with Crippen molar-refractivity contribution < 1.29 is 4.79 Å². The lowest BCUT2D eigenvalue weighted by atomic mass is 10.1. The maximum Gasteiger partial charge on any atom is 0.255 e. The molecule has 3 nitrogen and oxygen atoms in total. The first-order chi connectivity index (χ1) is 8.91. The van der Waals surface area contributed by atoms with E-state index >= 15 is 0 Å². The van der Waals surface area contributed by atoms with Crippen molar-refractivity contribution in [3.8, 4) is 0 Å². The SMILES string of the molecule is C[Si](C)(C)C1CCCCN1C(=O)c1ccccc1N. The predicted octanol–water partition coefficient (Wildman–Crippen LogP) is 3.14. The maximum atomic E-state index is 12.7. The van der Waals surface area contributed by atoms with E-state index in [0.717, 1.165) is 19.4 Å². The van der Waals surface area contributed by atoms with Crippen molar-refractivity contribution in [2.75, 3.05) is 12.3 Å². The Hall–Kier alpha value is -1.29. The van der Waals surface area contributed by atoms with Gasteiger partial charge in [0.25, 0.3) is 5.91 Å². The molecule has 0 radical (unpaired) electrons. The number of para-hydroxylation sites is 1. The van der Waals surface area contributed by atoms with Crippen LogP contribution in [0, 0.1) is 0 Å². The number of piperidine rings is 1. The average molecular weight is 276 g/mol. The van der Waals surface area contributed by atoms with Crippen LogP contribution in [0.5, 0.6) is 0 Å². The van der Waals surface area contributed by atoms with Crippen molar-refractivity contribution >= 4 is 19.7 Å². The fourth-order valence-electron chi connectivity index (χ4n) is 2.92. The molecule has 1 saturated heterocycles. The molecule has 1 aromatic carbocycles. The molecular formula is C15H24N2OSi. The van der Waals surface area contributed by atoms with Crippen molar-refractivity contribution in [2.24, 2.45) is 0 Å². The number of amides is 1. The molecule has 1 aliphatic rings. The van der Waals surface area contributed by atoms with Gasteiger partial charge >= 0.3 is 0 Å². The Morgan fingerprint density at radius 2 is 1.95 bits per heavy atom. The number of nitrogens with two attached hydrogens (primary N) is 1. The quantitative estimate of drug-likeness (QED) is 0.666. The highest BCUT2D eigenvalue weighted by molar-refractivity contribution is 6.77. The molecule has 1 heterocycles. The number of nitrogen functional groups attached to an aromatic ring is 1. The first kappa shape index (κ1) is 14.1. The molecule has 1 fully saturated rings. The molecule has 0 saturated carbocycles. The summed E-state index contributed by atoms with van der Waals surface area (Å²) in [6, 6.07) is 7.41. The number of rotatable bonds is 2. The van der Waals surface area contributed by atoms with Gasteiger partial charge in [0.15, 0.2) is 0 Å². The van der Waals surface area contributed by atoms with Crippen LogP contribution in [-0.4, -0.2) is 31.1 Å². The number of carbonyl (C=O) groups is 1. The van der Waals surface area contributed by atoms with Crippen LogP contribution in [0.1, 0.15) is 29.6 Å². The van der Waals surface area contributed by atoms with Gasteiger partial charge in [-0.25, -0.2) is 0 Å². The monoisotopic (exact) mass is 276 g/mol. The van der Waals surface area contributed by atoms with Crippen LogP contribution >= 0.6 is 0 Å². The number of hydrogen-bond donors (Lipinski definition) is 1. The van der Waals surface area contributed by atoms with Gasteiger partial charge in [-0.15, -0.1) is 0 Å². The molecule has 0 bridgehead atoms. The Morgan fingerprint density at radius 3 is 2.58 bits per heavy atom. The van der Waals surface area contributed by atoms with Gasteiger partial charge in [-0.2, -0.15) is 0 Å². The highest BCUT2D eigenvalue weighted by Crippen LogP contribution is 2.27. The van der Waals surface area contributed by atoms with Gasteiger partial charge in [-0.1, -0.05) is 31.8 Å². The van der Waals surface area contributed by atoms with Gasteiger partial charge in [0.2, 0.25) is 0 Å². The third kappa shape index (κ3) is 3.00. The number of hydrogen-bond acceptors (Lipinski definition) is 2. The van der Waals surface area contributed by atoms with Crippen molar-refractivity contribution in [1.29, 1.82) is 0 Å². The van der Waals surface area contributed by atoms with Crippen LogP contribution in [0.4, 0.5) is 5.69 Å². The minimum absolute atomic E-state index is 0.116. The van der Waals surface area contributed by atoms with Crippen molar-refractivity contribution in [3.63, 3.8) is 0 Å². The first-order valence-electron chi connectivity index (χ1n) is 7.07. The summed E-state index contributed by atoms with van der Waals surface area (Å²) >= 11 is 0. The molecule has 0 aromatic heterocycles. The van der Waals surface area contributed by atoms with E-state index in [1.807, 2.05) is 18.2 Å². The summed E-state index contributed by atoms with van der Waals surface area (Å²) in [5, 5.41) is 0. The molecule has 2 rings (SSSR count). The molecule has 1 unspecified atom stereocenters. The van der Waals surface area contributed by atoms with Crippen molar-refractivity contribution in [1.82, 2.24) is 4.90 Å². The lowest BCUT2D eigenvalue weighted by Gasteiger charge is -2.42. The van der Waals surface area contributed by atoms with E-state index in [-0.39, 0.29) is 5.91 Å². The molecule has 2 N–H and O–H groups in total. The van der Waals surface area contributed by atoms with Crippen LogP contribution in [0.3, 0.4) is 0 Å². The largest absolute Gasteiger partial charge is 0.398 e. The maximum absolute atomic E-state index is 12.7. The highest BCUT2D eigenvalue weighted by atomic mass is 28.3. The number of nitrogens with zero attached hydrogens (tertiary/aromatic N) is 1. The topological polar surface area (TPSA) is 46.3 Å². The van der Waals surface area contributed by atoms with Crippen LogP contribution in [0.15, 0.2) is 24.3 Å². The number of anilines is 1. The van der Waals surface area contributed by atoms with Crippen LogP contribution < -0.4 is 5.73 Å². The molecule has 1 amide bonds. The Balaban J connectivity index is 2.28. The fraction of sp³-hybridized carbons (Fsp3) is 0.533. The van der Waals surface area contributed by atoms with Crippen molar-refractivity contribution in [2.45, 2.75) is 44.6 Å². The number of carbonyl (C=O) groups excluding carboxylic acids is 1. The molecule has 104 valence electrons. The van der Waals surface area contributed by atoms with E-state index in [1.54, 1.807) is 6.07 Å². The van der Waals surface area contributed by atoms with E-state index in [1.165, 1.54) is 6.42 Å². The second-order valence-corrected chi connectivity index (χ2v) is 11.9. The smallest absolute Gasteiger partial charge is 0.255 e. The normalized spacial score (nSPS) is 20.4. The first-order valence-corrected chi connectivity index (χ1v) is 10.6. The Bertz CT molecular complexity index is 467. The minimum atomic E-state index is -1.37. The summed E-state index contributed by atoms with van der Waals surface area (Å²) in [5.74, 6) is 0.116. The van der Waals surface area contributed by atoms with E-state index in [4.69, 9.17) is 5.73 Å². The lowest BCUT2D eigenvalue weighted by Crippen LogP contribution is -2.55. The zero-order chi connectivity index (χ0) is 14.0. The molecule has 1 aromatic rings. The molecule has 4 heteroatoms. The fourth-order valence-corrected chi connectivity index (χ4v) is 5.17. The van der Waals surface area contributed by atoms with E-state index in [2.05, 4.69) is 24.5 Å². The Kier molecular flexibility index (Phi) is 3.99. The minimum Gasteiger partial charge on any atom is -0.398 e. The van der Waals surface area contributed by atoms with Crippen LogP contribution in [-0.2, 0) is 0 Å². The second-order valence-electron chi connectivity index (χ2n) is 6.46. The van der Waals surface area contributed by atoms with Gasteiger partial charge in [-0.3, -0.25) is 4.79 Å². The number of likely N-dealkylation sites (tertiary alicyclic amines) is 1. The zero-order valence-electron chi connectivity index (χ0n) is 12.1. The lowest BCUT2D eigenvalue weighted by molar-refractivity contribution is 0.0683. The summed E-state index contributed by atoms with van der Waals surface area (Å²) in [6.07, 6.45) is 3.50. The van der Waals surface area contributed by atoms with E-state index in [9.17, 15) is 4.79 Å². The Morgan fingerprint density at radius 1 is 1.26 bits per heavy atom. The van der Waals surface area contributed by atoms with Gasteiger partial charge in [0, 0.05) is 17.9 Å². The molecule has 19 heavy (non-hydrogen) atoms. The predicted molar refractivity (Wildman–Crippen MR) is 82.9 cm³/mol. The van der Waals surface area contributed by atoms with Gasteiger partial charge in [-0.05, 0) is 31.4 Å². The summed E-state index contributed by atoms with van der Waals surface area (Å²) in [7, 11) is -1.37. The zero-order valence-corrected chi connectivity index (χ0v) is 13.1. The van der Waals surface area contributed by atoms with Gasteiger partial charge in [0.05, 0.1) is 13.6 Å². The molecule has 1 atom stereocenters. The standard InChI is InChI=1S/C15H24N2OSi/c1-19(2,3)14-10-6-7-11-17(14)15(18)12-8-4-5-9-13(12)16/h4-5,8-9,14H,6-7,10-11,16H2,1-3H3. The van der Waals surface area contributed by atoms with Gasteiger partial charge in [0.1, 0.15) is 0 Å².